The summed E-state index contributed by atoms with van der Waals surface area (Å²) in [4.78, 5) is 34.0. The zero-order chi connectivity index (χ0) is 19.2. The van der Waals surface area contributed by atoms with Crippen LogP contribution < -0.4 is 19.9 Å². The van der Waals surface area contributed by atoms with Gasteiger partial charge in [-0.25, -0.2) is 4.98 Å². The Bertz CT molecular complexity index is 791. The molecular weight excluding hydrogens is 346 g/mol. The molecule has 0 atom stereocenters. The Hall–Kier alpha value is -2.97. The van der Waals surface area contributed by atoms with E-state index in [1.54, 1.807) is 12.1 Å². The maximum absolute atomic E-state index is 12.4. The molecule has 0 aromatic carbocycles. The largest absolute Gasteiger partial charge is 0.481 e. The fourth-order valence-electron chi connectivity index (χ4n) is 2.83. The minimum absolute atomic E-state index is 0.216. The number of carbonyl (C=O) groups excluding carboxylic acids is 1. The maximum Gasteiger partial charge on any atom is 0.251 e. The number of piperidine rings is 1. The second kappa shape index (κ2) is 8.61. The van der Waals surface area contributed by atoms with E-state index in [-0.39, 0.29) is 12.5 Å². The quantitative estimate of drug-likeness (QED) is 0.811. The summed E-state index contributed by atoms with van der Waals surface area (Å²) in [5.41, 5.74) is 0.472. The Balaban J connectivity index is 1.74. The third kappa shape index (κ3) is 4.81. The first kappa shape index (κ1) is 18.8. The Labute approximate surface area is 158 Å². The summed E-state index contributed by atoms with van der Waals surface area (Å²) in [6.07, 6.45) is 5.05. The van der Waals surface area contributed by atoms with Crippen molar-refractivity contribution < 1.29 is 9.53 Å². The van der Waals surface area contributed by atoms with Gasteiger partial charge in [-0.05, 0) is 25.3 Å². The van der Waals surface area contributed by atoms with E-state index in [1.165, 1.54) is 19.7 Å². The molecule has 2 aromatic rings. The summed E-state index contributed by atoms with van der Waals surface area (Å²) in [5.74, 6) is 1.94. The zero-order valence-electron chi connectivity index (χ0n) is 16.0. The highest BCUT2D eigenvalue weighted by Crippen LogP contribution is 2.18. The highest BCUT2D eigenvalue weighted by molar-refractivity contribution is 5.94. The molecule has 3 heterocycles. The molecule has 2 aromatic heterocycles. The lowest BCUT2D eigenvalue weighted by Gasteiger charge is -2.27. The lowest BCUT2D eigenvalue weighted by molar-refractivity contribution is 0.0949. The van der Waals surface area contributed by atoms with Crippen LogP contribution in [0, 0.1) is 0 Å². The number of nitrogens with zero attached hydrogens (tertiary/aromatic N) is 6. The standard InChI is InChI=1S/C18H25N7O2/c1-24(2)17-21-14(22-18(23-17)25-9-5-4-6-10-25)12-20-16(26)13-7-8-19-15(11-13)27-3/h7-8,11H,4-6,9-10,12H2,1-3H3,(H,20,26). The highest BCUT2D eigenvalue weighted by Gasteiger charge is 2.17. The van der Waals surface area contributed by atoms with Crippen LogP contribution in [0.25, 0.3) is 0 Å². The number of hydrogen-bond acceptors (Lipinski definition) is 8. The van der Waals surface area contributed by atoms with Crippen LogP contribution in [0.4, 0.5) is 11.9 Å². The number of ether oxygens (including phenoxy) is 1. The second-order valence-electron chi connectivity index (χ2n) is 6.56. The van der Waals surface area contributed by atoms with E-state index >= 15 is 0 Å². The summed E-state index contributed by atoms with van der Waals surface area (Å²) < 4.78 is 5.06. The van der Waals surface area contributed by atoms with Gasteiger partial charge in [0.15, 0.2) is 5.82 Å². The number of hydrogen-bond donors (Lipinski definition) is 1. The van der Waals surface area contributed by atoms with Crippen LogP contribution in [-0.4, -0.2) is 60.1 Å². The third-order valence-corrected chi connectivity index (χ3v) is 4.31. The number of nitrogens with one attached hydrogen (secondary N) is 1. The van der Waals surface area contributed by atoms with Crippen molar-refractivity contribution in [3.63, 3.8) is 0 Å². The van der Waals surface area contributed by atoms with E-state index in [0.717, 1.165) is 25.9 Å². The van der Waals surface area contributed by atoms with Crippen LogP contribution in [0.5, 0.6) is 5.88 Å². The van der Waals surface area contributed by atoms with Gasteiger partial charge in [0.25, 0.3) is 5.91 Å². The van der Waals surface area contributed by atoms with Gasteiger partial charge in [0, 0.05) is 45.0 Å². The molecule has 144 valence electrons. The lowest BCUT2D eigenvalue weighted by Crippen LogP contribution is -2.32. The first-order valence-corrected chi connectivity index (χ1v) is 9.02. The number of carbonyl (C=O) groups is 1. The summed E-state index contributed by atoms with van der Waals surface area (Å²) >= 11 is 0. The van der Waals surface area contributed by atoms with Gasteiger partial charge in [-0.3, -0.25) is 4.79 Å². The predicted octanol–water partition coefficient (Wildman–Crippen LogP) is 1.26. The average Bonchev–Trinajstić information content (AvgIpc) is 2.72. The molecule has 0 bridgehead atoms. The van der Waals surface area contributed by atoms with E-state index in [1.807, 2.05) is 19.0 Å². The van der Waals surface area contributed by atoms with Crippen molar-refractivity contribution in [3.05, 3.63) is 29.7 Å². The molecule has 27 heavy (non-hydrogen) atoms. The summed E-state index contributed by atoms with van der Waals surface area (Å²) in [6, 6.07) is 3.23. The number of methoxy groups -OCH3 is 1. The number of aromatic nitrogens is 4. The van der Waals surface area contributed by atoms with Crippen LogP contribution in [0.1, 0.15) is 35.4 Å². The van der Waals surface area contributed by atoms with Crippen LogP contribution in [0.15, 0.2) is 18.3 Å². The van der Waals surface area contributed by atoms with Gasteiger partial charge in [-0.1, -0.05) is 0 Å². The van der Waals surface area contributed by atoms with E-state index in [0.29, 0.717) is 29.2 Å². The maximum atomic E-state index is 12.4. The van der Waals surface area contributed by atoms with Gasteiger partial charge in [0.05, 0.1) is 13.7 Å². The molecule has 0 spiro atoms. The number of amides is 1. The number of pyridine rings is 1. The fourth-order valence-corrected chi connectivity index (χ4v) is 2.83. The first-order chi connectivity index (χ1) is 13.1. The first-order valence-electron chi connectivity index (χ1n) is 9.02. The molecule has 3 rings (SSSR count). The van der Waals surface area contributed by atoms with Gasteiger partial charge >= 0.3 is 0 Å². The monoisotopic (exact) mass is 371 g/mol. The van der Waals surface area contributed by atoms with Gasteiger partial charge in [-0.15, -0.1) is 0 Å². The van der Waals surface area contributed by atoms with Crippen LogP contribution in [-0.2, 0) is 6.54 Å². The smallest absolute Gasteiger partial charge is 0.251 e. The Kier molecular flexibility index (Phi) is 6.00. The summed E-state index contributed by atoms with van der Waals surface area (Å²) in [5, 5.41) is 2.85. The lowest BCUT2D eigenvalue weighted by atomic mass is 10.1. The van der Waals surface area contributed by atoms with Gasteiger partial charge in [0.2, 0.25) is 17.8 Å². The third-order valence-electron chi connectivity index (χ3n) is 4.31. The average molecular weight is 371 g/mol. The number of rotatable bonds is 6. The molecule has 1 N–H and O–H groups in total. The zero-order valence-corrected chi connectivity index (χ0v) is 16.0. The molecule has 0 saturated carbocycles. The van der Waals surface area contributed by atoms with Gasteiger partial charge in [0.1, 0.15) is 0 Å². The van der Waals surface area contributed by atoms with Crippen molar-refractivity contribution in [2.45, 2.75) is 25.8 Å². The fraction of sp³-hybridized carbons (Fsp3) is 0.500. The van der Waals surface area contributed by atoms with E-state index in [2.05, 4.69) is 30.2 Å². The Morgan fingerprint density at radius 1 is 1.22 bits per heavy atom. The minimum atomic E-state index is -0.234. The molecule has 1 fully saturated rings. The topological polar surface area (TPSA) is 96.4 Å². The van der Waals surface area contributed by atoms with E-state index < -0.39 is 0 Å². The molecule has 1 aliphatic heterocycles. The van der Waals surface area contributed by atoms with Crippen molar-refractivity contribution in [1.82, 2.24) is 25.3 Å². The molecule has 0 unspecified atom stereocenters. The van der Waals surface area contributed by atoms with Gasteiger partial charge in [-0.2, -0.15) is 15.0 Å². The van der Waals surface area contributed by atoms with Gasteiger partial charge < -0.3 is 19.9 Å². The summed E-state index contributed by atoms with van der Waals surface area (Å²) in [6.45, 7) is 2.10. The van der Waals surface area contributed by atoms with Crippen molar-refractivity contribution in [1.29, 1.82) is 0 Å². The molecule has 0 aliphatic carbocycles. The second-order valence-corrected chi connectivity index (χ2v) is 6.56. The highest BCUT2D eigenvalue weighted by atomic mass is 16.5. The molecule has 1 saturated heterocycles. The van der Waals surface area contributed by atoms with Crippen molar-refractivity contribution in [3.8, 4) is 5.88 Å². The van der Waals surface area contributed by atoms with Crippen LogP contribution in [0.3, 0.4) is 0 Å². The molecule has 1 amide bonds. The SMILES string of the molecule is COc1cc(C(=O)NCc2nc(N(C)C)nc(N3CCCCC3)n2)ccn1. The summed E-state index contributed by atoms with van der Waals surface area (Å²) in [7, 11) is 5.29. The predicted molar refractivity (Wildman–Crippen MR) is 102 cm³/mol. The van der Waals surface area contributed by atoms with Crippen LogP contribution >= 0.6 is 0 Å². The molecule has 9 heteroatoms. The number of anilines is 2. The van der Waals surface area contributed by atoms with Crippen molar-refractivity contribution >= 4 is 17.8 Å². The van der Waals surface area contributed by atoms with E-state index in [4.69, 9.17) is 4.74 Å². The van der Waals surface area contributed by atoms with E-state index in [9.17, 15) is 4.79 Å². The minimum Gasteiger partial charge on any atom is -0.481 e. The Morgan fingerprint density at radius 3 is 2.70 bits per heavy atom. The van der Waals surface area contributed by atoms with Crippen molar-refractivity contribution in [2.24, 2.45) is 0 Å². The molecule has 1 aliphatic rings. The molecular formula is C18H25N7O2. The molecule has 9 nitrogen and oxygen atoms in total. The molecule has 0 radical (unpaired) electrons. The normalized spacial score (nSPS) is 14.0. The van der Waals surface area contributed by atoms with Crippen molar-refractivity contribution in [2.75, 3.05) is 44.1 Å². The van der Waals surface area contributed by atoms with Crippen LogP contribution in [0.2, 0.25) is 0 Å². The Morgan fingerprint density at radius 2 is 2.00 bits per heavy atom.